The van der Waals surface area contributed by atoms with Crippen LogP contribution >= 0.6 is 11.8 Å². The molecule has 1 saturated heterocycles. The second kappa shape index (κ2) is 10.1. The summed E-state index contributed by atoms with van der Waals surface area (Å²) in [6, 6.07) is 13.7. The van der Waals surface area contributed by atoms with Gasteiger partial charge in [-0.05, 0) is 61.4 Å². The van der Waals surface area contributed by atoms with Gasteiger partial charge in [0.2, 0.25) is 17.7 Å². The van der Waals surface area contributed by atoms with Crippen molar-refractivity contribution >= 4 is 46.8 Å². The Hall–Kier alpha value is -3.59. The van der Waals surface area contributed by atoms with E-state index in [2.05, 4.69) is 5.32 Å². The number of carboxylic acids is 1. The van der Waals surface area contributed by atoms with E-state index >= 15 is 0 Å². The highest BCUT2D eigenvalue weighted by molar-refractivity contribution is 8.00. The van der Waals surface area contributed by atoms with Gasteiger partial charge < -0.3 is 15.2 Å². The van der Waals surface area contributed by atoms with Crippen LogP contribution in [0.25, 0.3) is 0 Å². The van der Waals surface area contributed by atoms with Crippen LogP contribution in [-0.2, 0) is 19.2 Å². The Morgan fingerprint density at radius 3 is 2.26 bits per heavy atom. The van der Waals surface area contributed by atoms with Crippen LogP contribution in [-0.4, -0.2) is 41.2 Å². The number of benzene rings is 2. The fraction of sp³-hybridized carbons (Fsp3) is 0.280. The summed E-state index contributed by atoms with van der Waals surface area (Å²) in [5.41, 5.74) is 1.05. The second-order valence-electron chi connectivity index (χ2n) is 8.08. The number of methoxy groups -OCH3 is 1. The van der Waals surface area contributed by atoms with E-state index in [4.69, 9.17) is 4.74 Å². The van der Waals surface area contributed by atoms with Crippen LogP contribution in [0.4, 0.5) is 11.4 Å². The number of carbonyl (C=O) groups is 4. The number of amides is 3. The maximum atomic E-state index is 12.9. The largest absolute Gasteiger partial charge is 0.497 e. The Morgan fingerprint density at radius 2 is 1.65 bits per heavy atom. The molecule has 2 aromatic rings. The predicted molar refractivity (Wildman–Crippen MR) is 128 cm³/mol. The number of carboxylic acid groups (broad SMARTS) is 1. The zero-order valence-electron chi connectivity index (χ0n) is 18.5. The van der Waals surface area contributed by atoms with Crippen LogP contribution in [0, 0.1) is 11.8 Å². The molecular weight excluding hydrogens is 456 g/mol. The number of carbonyl (C=O) groups excluding carboxylic acids is 3. The predicted octanol–water partition coefficient (Wildman–Crippen LogP) is 3.72. The number of imide groups is 1. The number of thioether (sulfide) groups is 1. The van der Waals surface area contributed by atoms with Gasteiger partial charge in [-0.25, -0.2) is 4.90 Å². The number of hydrogen-bond acceptors (Lipinski definition) is 6. The summed E-state index contributed by atoms with van der Waals surface area (Å²) in [4.78, 5) is 51.5. The molecule has 0 saturated carbocycles. The molecule has 1 aliphatic carbocycles. The number of anilines is 2. The topological polar surface area (TPSA) is 113 Å². The number of rotatable bonds is 7. The monoisotopic (exact) mass is 480 g/mol. The molecule has 1 heterocycles. The number of aliphatic carboxylic acids is 1. The summed E-state index contributed by atoms with van der Waals surface area (Å²) in [6.45, 7) is 0. The van der Waals surface area contributed by atoms with Crippen molar-refractivity contribution in [3.05, 3.63) is 60.7 Å². The van der Waals surface area contributed by atoms with Gasteiger partial charge in [-0.1, -0.05) is 12.2 Å². The second-order valence-corrected chi connectivity index (χ2v) is 9.36. The van der Waals surface area contributed by atoms with Crippen molar-refractivity contribution < 1.29 is 29.0 Å². The number of allylic oxidation sites excluding steroid dienone is 2. The van der Waals surface area contributed by atoms with Crippen LogP contribution in [0.2, 0.25) is 0 Å². The van der Waals surface area contributed by atoms with Crippen molar-refractivity contribution in [1.29, 1.82) is 0 Å². The Labute approximate surface area is 201 Å². The van der Waals surface area contributed by atoms with E-state index in [1.165, 1.54) is 16.7 Å². The first kappa shape index (κ1) is 23.6. The molecule has 3 amide bonds. The molecule has 2 aromatic carbocycles. The van der Waals surface area contributed by atoms with E-state index in [1.54, 1.807) is 61.7 Å². The molecule has 2 aliphatic rings. The Kier molecular flexibility index (Phi) is 7.02. The normalized spacial score (nSPS) is 22.0. The van der Waals surface area contributed by atoms with Crippen LogP contribution in [0.3, 0.4) is 0 Å². The SMILES string of the molecule is COc1ccc(N2C(=O)C[C@H](Sc3ccc(NC(=O)[C@@H]4CC=CC[C@H]4C(=O)O)cc3)C2=O)cc1. The van der Waals surface area contributed by atoms with Gasteiger partial charge in [-0.2, -0.15) is 0 Å². The third kappa shape index (κ3) is 4.99. The number of nitrogens with zero attached hydrogens (tertiary/aromatic N) is 1. The van der Waals surface area contributed by atoms with Crippen LogP contribution < -0.4 is 15.0 Å². The average Bonchev–Trinajstić information content (AvgIpc) is 3.12. The van der Waals surface area contributed by atoms with E-state index in [0.717, 1.165) is 4.90 Å². The molecule has 1 fully saturated rings. The zero-order valence-corrected chi connectivity index (χ0v) is 19.3. The van der Waals surface area contributed by atoms with Crippen LogP contribution in [0.5, 0.6) is 5.75 Å². The van der Waals surface area contributed by atoms with E-state index in [0.29, 0.717) is 30.0 Å². The van der Waals surface area contributed by atoms with Crippen LogP contribution in [0.1, 0.15) is 19.3 Å². The van der Waals surface area contributed by atoms with E-state index < -0.39 is 23.1 Å². The lowest BCUT2D eigenvalue weighted by Gasteiger charge is -2.24. The fourth-order valence-corrected chi connectivity index (χ4v) is 5.15. The van der Waals surface area contributed by atoms with Crippen LogP contribution in [0.15, 0.2) is 65.6 Å². The number of hydrogen-bond donors (Lipinski definition) is 2. The molecule has 176 valence electrons. The summed E-state index contributed by atoms with van der Waals surface area (Å²) in [5, 5.41) is 11.6. The fourth-order valence-electron chi connectivity index (χ4n) is 4.09. The highest BCUT2D eigenvalue weighted by Gasteiger charge is 2.40. The van der Waals surface area contributed by atoms with Gasteiger partial charge in [-0.15, -0.1) is 11.8 Å². The zero-order chi connectivity index (χ0) is 24.2. The molecule has 34 heavy (non-hydrogen) atoms. The molecule has 0 spiro atoms. The van der Waals surface area contributed by atoms with Gasteiger partial charge in [0.25, 0.3) is 0 Å². The first-order chi connectivity index (χ1) is 16.4. The molecule has 8 nitrogen and oxygen atoms in total. The van der Waals surface area contributed by atoms with Crippen molar-refractivity contribution in [2.45, 2.75) is 29.4 Å². The van der Waals surface area contributed by atoms with Crippen molar-refractivity contribution in [2.24, 2.45) is 11.8 Å². The average molecular weight is 481 g/mol. The lowest BCUT2D eigenvalue weighted by molar-refractivity contribution is -0.146. The summed E-state index contributed by atoms with van der Waals surface area (Å²) >= 11 is 1.29. The molecule has 0 radical (unpaired) electrons. The lowest BCUT2D eigenvalue weighted by Crippen LogP contribution is -2.34. The minimum atomic E-state index is -0.976. The quantitative estimate of drug-likeness (QED) is 0.459. The maximum absolute atomic E-state index is 12.9. The van der Waals surface area contributed by atoms with Gasteiger partial charge in [0.15, 0.2) is 0 Å². The third-order valence-electron chi connectivity index (χ3n) is 5.92. The van der Waals surface area contributed by atoms with Crippen molar-refractivity contribution in [3.8, 4) is 5.75 Å². The maximum Gasteiger partial charge on any atom is 0.307 e. The molecule has 4 rings (SSSR count). The molecule has 2 N–H and O–H groups in total. The van der Waals surface area contributed by atoms with E-state index in [9.17, 15) is 24.3 Å². The van der Waals surface area contributed by atoms with Crippen molar-refractivity contribution in [1.82, 2.24) is 0 Å². The first-order valence-corrected chi connectivity index (χ1v) is 11.7. The molecule has 1 aliphatic heterocycles. The van der Waals surface area contributed by atoms with Crippen molar-refractivity contribution in [2.75, 3.05) is 17.3 Å². The highest BCUT2D eigenvalue weighted by atomic mass is 32.2. The Balaban J connectivity index is 1.38. The molecule has 0 unspecified atom stereocenters. The molecule has 0 bridgehead atoms. The van der Waals surface area contributed by atoms with Gasteiger partial charge in [-0.3, -0.25) is 19.2 Å². The smallest absolute Gasteiger partial charge is 0.307 e. The molecular formula is C25H24N2O6S. The standard InChI is InChI=1S/C25H24N2O6S/c1-33-17-10-8-16(9-11-17)27-22(28)14-21(24(27)30)34-18-12-6-15(7-13-18)26-23(29)19-4-2-3-5-20(19)25(31)32/h2-3,6-13,19-21H,4-5,14H2,1H3,(H,26,29)(H,31,32)/t19-,20-,21+/m1/s1. The Bertz CT molecular complexity index is 1130. The van der Waals surface area contributed by atoms with Crippen molar-refractivity contribution in [3.63, 3.8) is 0 Å². The Morgan fingerprint density at radius 1 is 1.00 bits per heavy atom. The summed E-state index contributed by atoms with van der Waals surface area (Å²) < 4.78 is 5.12. The first-order valence-electron chi connectivity index (χ1n) is 10.8. The summed E-state index contributed by atoms with van der Waals surface area (Å²) in [5.74, 6) is -2.56. The molecule has 9 heteroatoms. The van der Waals surface area contributed by atoms with Gasteiger partial charge in [0.1, 0.15) is 5.75 Å². The highest BCUT2D eigenvalue weighted by Crippen LogP contribution is 2.35. The summed E-state index contributed by atoms with van der Waals surface area (Å²) in [6.07, 6.45) is 4.45. The minimum Gasteiger partial charge on any atom is -0.497 e. The van der Waals surface area contributed by atoms with Gasteiger partial charge in [0.05, 0.1) is 29.9 Å². The molecule has 0 aromatic heterocycles. The van der Waals surface area contributed by atoms with E-state index in [-0.39, 0.29) is 24.1 Å². The minimum absolute atomic E-state index is 0.0970. The summed E-state index contributed by atoms with van der Waals surface area (Å²) in [7, 11) is 1.55. The van der Waals surface area contributed by atoms with E-state index in [1.807, 2.05) is 6.08 Å². The molecule has 3 atom stereocenters. The number of ether oxygens (including phenoxy) is 1. The lowest BCUT2D eigenvalue weighted by atomic mass is 9.82. The van der Waals surface area contributed by atoms with Gasteiger partial charge in [0, 0.05) is 17.0 Å². The van der Waals surface area contributed by atoms with Gasteiger partial charge >= 0.3 is 5.97 Å². The number of nitrogens with one attached hydrogen (secondary N) is 1. The third-order valence-corrected chi connectivity index (χ3v) is 7.12.